The van der Waals surface area contributed by atoms with E-state index in [1.54, 1.807) is 30.2 Å². The summed E-state index contributed by atoms with van der Waals surface area (Å²) in [5, 5.41) is 4.43. The van der Waals surface area contributed by atoms with Crippen molar-refractivity contribution in [3.8, 4) is 5.75 Å². The Hall–Kier alpha value is -2.77. The third-order valence-corrected chi connectivity index (χ3v) is 8.17. The quantitative estimate of drug-likeness (QED) is 0.333. The van der Waals surface area contributed by atoms with Crippen molar-refractivity contribution in [1.82, 2.24) is 14.9 Å². The van der Waals surface area contributed by atoms with Crippen molar-refractivity contribution in [3.05, 3.63) is 75.9 Å². The number of likely N-dealkylation sites (tertiary alicyclic amines) is 1. The molecule has 1 N–H and O–H groups in total. The van der Waals surface area contributed by atoms with Crippen molar-refractivity contribution >= 4 is 39.9 Å². The Labute approximate surface area is 202 Å². The second-order valence-electron chi connectivity index (χ2n) is 8.39. The zero-order chi connectivity index (χ0) is 22.8. The molecule has 2 aromatic heterocycles. The first kappa shape index (κ1) is 22.0. The second kappa shape index (κ2) is 9.61. The van der Waals surface area contributed by atoms with Gasteiger partial charge in [-0.2, -0.15) is 0 Å². The van der Waals surface area contributed by atoms with Crippen LogP contribution in [0.25, 0.3) is 10.9 Å². The van der Waals surface area contributed by atoms with E-state index in [0.717, 1.165) is 64.1 Å². The highest BCUT2D eigenvalue weighted by molar-refractivity contribution is 7.98. The molecule has 0 bridgehead atoms. The number of amides is 1. The fourth-order valence-corrected chi connectivity index (χ4v) is 6.00. The fourth-order valence-electron chi connectivity index (χ4n) is 4.49. The highest BCUT2D eigenvalue weighted by Gasteiger charge is 2.26. The number of carbonyl (C=O) groups excluding carboxylic acids is 1. The number of carbonyl (C=O) groups is 1. The van der Waals surface area contributed by atoms with Gasteiger partial charge in [0.05, 0.1) is 17.8 Å². The summed E-state index contributed by atoms with van der Waals surface area (Å²) in [7, 11) is 1.70. The first-order valence-electron chi connectivity index (χ1n) is 11.2. The average molecular weight is 478 g/mol. The third kappa shape index (κ3) is 4.80. The number of rotatable bonds is 6. The molecule has 0 spiro atoms. The van der Waals surface area contributed by atoms with Crippen LogP contribution in [0.4, 0.5) is 0 Å². The summed E-state index contributed by atoms with van der Waals surface area (Å²) in [6.45, 7) is 3.58. The number of aryl methyl sites for hydroxylation is 1. The van der Waals surface area contributed by atoms with Crippen molar-refractivity contribution in [2.45, 2.75) is 36.3 Å². The summed E-state index contributed by atoms with van der Waals surface area (Å²) in [4.78, 5) is 24.1. The van der Waals surface area contributed by atoms with Gasteiger partial charge >= 0.3 is 0 Å². The molecule has 0 atom stereocenters. The molecule has 1 saturated heterocycles. The van der Waals surface area contributed by atoms with Crippen molar-refractivity contribution in [2.75, 3.05) is 20.2 Å². The zero-order valence-electron chi connectivity index (χ0n) is 18.8. The number of aromatic amines is 1. The highest BCUT2D eigenvalue weighted by atomic mass is 32.2. The van der Waals surface area contributed by atoms with Crippen LogP contribution in [0.15, 0.2) is 58.9 Å². The Balaban J connectivity index is 1.19. The topological polar surface area (TPSA) is 58.2 Å². The van der Waals surface area contributed by atoms with Gasteiger partial charge in [-0.05, 0) is 73.7 Å². The molecule has 0 saturated carbocycles. The molecule has 1 aliphatic heterocycles. The van der Waals surface area contributed by atoms with Gasteiger partial charge in [-0.15, -0.1) is 23.1 Å². The van der Waals surface area contributed by atoms with Crippen molar-refractivity contribution in [3.63, 3.8) is 0 Å². The molecular formula is C26H27N3O2S2. The molecule has 1 aliphatic rings. The van der Waals surface area contributed by atoms with Gasteiger partial charge in [0.2, 0.25) is 0 Å². The van der Waals surface area contributed by atoms with E-state index in [4.69, 9.17) is 4.74 Å². The highest BCUT2D eigenvalue weighted by Crippen LogP contribution is 2.35. The molecule has 1 amide bonds. The molecular weight excluding hydrogens is 450 g/mol. The third-order valence-electron chi connectivity index (χ3n) is 6.30. The summed E-state index contributed by atoms with van der Waals surface area (Å²) in [5.74, 6) is 2.30. The van der Waals surface area contributed by atoms with E-state index in [1.807, 2.05) is 42.2 Å². The number of fused-ring (bicyclic) bond motifs is 1. The Bertz CT molecular complexity index is 1250. The van der Waals surface area contributed by atoms with Gasteiger partial charge in [-0.3, -0.25) is 4.79 Å². The Kier molecular flexibility index (Phi) is 6.42. The lowest BCUT2D eigenvalue weighted by molar-refractivity contribution is 0.0713. The molecule has 5 nitrogen and oxygen atoms in total. The van der Waals surface area contributed by atoms with Crippen molar-refractivity contribution < 1.29 is 9.53 Å². The number of hydrogen-bond donors (Lipinski definition) is 1. The van der Waals surface area contributed by atoms with Crippen LogP contribution in [0.5, 0.6) is 5.75 Å². The van der Waals surface area contributed by atoms with Crippen LogP contribution in [0.2, 0.25) is 0 Å². The van der Waals surface area contributed by atoms with Crippen LogP contribution in [-0.4, -0.2) is 41.0 Å². The van der Waals surface area contributed by atoms with Crippen LogP contribution < -0.4 is 4.74 Å². The van der Waals surface area contributed by atoms with Gasteiger partial charge < -0.3 is 14.6 Å². The molecule has 33 heavy (non-hydrogen) atoms. The molecule has 3 heterocycles. The molecule has 170 valence electrons. The molecule has 5 rings (SSSR count). The maximum Gasteiger partial charge on any atom is 0.253 e. The number of nitrogens with zero attached hydrogens (tertiary/aromatic N) is 2. The summed E-state index contributed by atoms with van der Waals surface area (Å²) in [5.41, 5.74) is 4.33. The van der Waals surface area contributed by atoms with E-state index in [0.29, 0.717) is 5.92 Å². The minimum Gasteiger partial charge on any atom is -0.497 e. The number of piperidine rings is 1. The van der Waals surface area contributed by atoms with Crippen molar-refractivity contribution in [2.24, 2.45) is 0 Å². The maximum atomic E-state index is 13.1. The standard InChI is InChI=1S/C26H27N3O2S2/c1-17-28-20(15-32-17)16-33-22-6-3-19(4-7-22)26(30)29-11-9-18(10-12-29)24-14-27-25-8-5-21(31-2)13-23(24)25/h3-8,13-15,18,27H,9-12,16H2,1-2H3. The molecule has 0 aliphatic carbocycles. The number of hydrogen-bond acceptors (Lipinski definition) is 5. The number of thiazole rings is 1. The summed E-state index contributed by atoms with van der Waals surface area (Å²) in [6.07, 6.45) is 4.06. The number of H-pyrrole nitrogens is 1. The minimum absolute atomic E-state index is 0.126. The van der Waals surface area contributed by atoms with Crippen LogP contribution in [0.3, 0.4) is 0 Å². The molecule has 7 heteroatoms. The van der Waals surface area contributed by atoms with E-state index in [-0.39, 0.29) is 5.91 Å². The minimum atomic E-state index is 0.126. The van der Waals surface area contributed by atoms with Crippen molar-refractivity contribution in [1.29, 1.82) is 0 Å². The zero-order valence-corrected chi connectivity index (χ0v) is 20.5. The van der Waals surface area contributed by atoms with Crippen LogP contribution in [0.1, 0.15) is 45.4 Å². The Morgan fingerprint density at radius 2 is 2.00 bits per heavy atom. The van der Waals surface area contributed by atoms with E-state index in [9.17, 15) is 4.79 Å². The van der Waals surface area contributed by atoms with Crippen LogP contribution in [-0.2, 0) is 5.75 Å². The second-order valence-corrected chi connectivity index (χ2v) is 10.5. The fraction of sp³-hybridized carbons (Fsp3) is 0.308. The van der Waals surface area contributed by atoms with Gasteiger partial charge in [0.1, 0.15) is 5.75 Å². The molecule has 0 radical (unpaired) electrons. The predicted octanol–water partition coefficient (Wildman–Crippen LogP) is 6.25. The summed E-state index contributed by atoms with van der Waals surface area (Å²) < 4.78 is 5.41. The lowest BCUT2D eigenvalue weighted by atomic mass is 9.89. The normalized spacial score (nSPS) is 14.7. The monoisotopic (exact) mass is 477 g/mol. The SMILES string of the molecule is COc1ccc2[nH]cc(C3CCN(C(=O)c4ccc(SCc5csc(C)n5)cc4)CC3)c2c1. The maximum absolute atomic E-state index is 13.1. The van der Waals surface area contributed by atoms with Gasteiger partial charge in [0, 0.05) is 51.8 Å². The van der Waals surface area contributed by atoms with Crippen LogP contribution >= 0.6 is 23.1 Å². The largest absolute Gasteiger partial charge is 0.497 e. The summed E-state index contributed by atoms with van der Waals surface area (Å²) >= 11 is 3.43. The van der Waals surface area contributed by atoms with Gasteiger partial charge in [-0.1, -0.05) is 0 Å². The number of nitrogens with one attached hydrogen (secondary N) is 1. The molecule has 1 fully saturated rings. The van der Waals surface area contributed by atoms with E-state index in [1.165, 1.54) is 10.9 Å². The number of ether oxygens (including phenoxy) is 1. The van der Waals surface area contributed by atoms with E-state index < -0.39 is 0 Å². The number of thioether (sulfide) groups is 1. The average Bonchev–Trinajstić information content (AvgIpc) is 3.48. The molecule has 2 aromatic carbocycles. The summed E-state index contributed by atoms with van der Waals surface area (Å²) in [6, 6.07) is 14.1. The van der Waals surface area contributed by atoms with Gasteiger partial charge in [-0.25, -0.2) is 4.98 Å². The number of benzene rings is 2. The smallest absolute Gasteiger partial charge is 0.253 e. The predicted molar refractivity (Wildman–Crippen MR) is 136 cm³/mol. The van der Waals surface area contributed by atoms with E-state index >= 15 is 0 Å². The Morgan fingerprint density at radius 3 is 2.70 bits per heavy atom. The first-order chi connectivity index (χ1) is 16.1. The van der Waals surface area contributed by atoms with Gasteiger partial charge in [0.25, 0.3) is 5.91 Å². The van der Waals surface area contributed by atoms with Crippen LogP contribution in [0, 0.1) is 6.92 Å². The lowest BCUT2D eigenvalue weighted by Gasteiger charge is -2.32. The first-order valence-corrected chi connectivity index (χ1v) is 13.1. The van der Waals surface area contributed by atoms with E-state index in [2.05, 4.69) is 33.7 Å². The Morgan fingerprint density at radius 1 is 1.21 bits per heavy atom. The lowest BCUT2D eigenvalue weighted by Crippen LogP contribution is -2.37. The van der Waals surface area contributed by atoms with Gasteiger partial charge in [0.15, 0.2) is 0 Å². The number of aromatic nitrogens is 2. The molecule has 4 aromatic rings. The number of methoxy groups -OCH3 is 1. The molecule has 0 unspecified atom stereocenters.